The maximum Gasteiger partial charge on any atom is 0.245 e. The lowest BCUT2D eigenvalue weighted by Crippen LogP contribution is -2.63. The van der Waals surface area contributed by atoms with Gasteiger partial charge < -0.3 is 25.1 Å². The van der Waals surface area contributed by atoms with Crippen molar-refractivity contribution in [2.75, 3.05) is 44.7 Å². The van der Waals surface area contributed by atoms with Crippen molar-refractivity contribution in [3.8, 4) is 0 Å². The summed E-state index contributed by atoms with van der Waals surface area (Å²) in [6.07, 6.45) is 7.49. The van der Waals surface area contributed by atoms with Crippen LogP contribution in [0.4, 0.5) is 5.69 Å². The number of anilines is 1. The Balaban J connectivity index is 1.31. The van der Waals surface area contributed by atoms with Crippen LogP contribution >= 0.6 is 0 Å². The van der Waals surface area contributed by atoms with Crippen LogP contribution in [-0.4, -0.2) is 93.5 Å². The molecule has 0 radical (unpaired) electrons. The molecule has 2 saturated heterocycles. The molecule has 2 N–H and O–H groups in total. The zero-order valence-electron chi connectivity index (χ0n) is 21.4. The molecule has 2 aliphatic rings. The Hall–Kier alpha value is -3.27. The summed E-state index contributed by atoms with van der Waals surface area (Å²) < 4.78 is 0. The molecule has 3 amide bonds. The van der Waals surface area contributed by atoms with Crippen molar-refractivity contribution in [1.82, 2.24) is 25.1 Å². The third kappa shape index (κ3) is 5.43. The van der Waals surface area contributed by atoms with Crippen LogP contribution in [0.2, 0.25) is 0 Å². The van der Waals surface area contributed by atoms with Crippen LogP contribution in [0.3, 0.4) is 0 Å². The molecule has 36 heavy (non-hydrogen) atoms. The predicted molar refractivity (Wildman–Crippen MR) is 136 cm³/mol. The van der Waals surface area contributed by atoms with Gasteiger partial charge in [-0.2, -0.15) is 0 Å². The van der Waals surface area contributed by atoms with Crippen LogP contribution in [0.5, 0.6) is 0 Å². The Morgan fingerprint density at radius 1 is 1.19 bits per heavy atom. The SMILES string of the molecule is CN(C[C@@]1(O)CCCN(c2ccnc3ccncc23)C1)C(=O)CCCC(=O)N1CCNC(=O)C1(C)C. The maximum absolute atomic E-state index is 12.8. The van der Waals surface area contributed by atoms with Crippen LogP contribution in [0.25, 0.3) is 10.9 Å². The molecular formula is C26H36N6O4. The van der Waals surface area contributed by atoms with Gasteiger partial charge in [-0.25, -0.2) is 0 Å². The number of aliphatic hydroxyl groups is 1. The number of nitrogens with one attached hydrogen (secondary N) is 1. The second-order valence-corrected chi connectivity index (χ2v) is 10.4. The van der Waals surface area contributed by atoms with Crippen molar-refractivity contribution in [2.45, 2.75) is 57.1 Å². The van der Waals surface area contributed by atoms with Gasteiger partial charge in [0.1, 0.15) is 5.54 Å². The molecule has 2 fully saturated rings. The third-order valence-electron chi connectivity index (χ3n) is 7.31. The molecule has 2 aromatic rings. The van der Waals surface area contributed by atoms with Gasteiger partial charge in [-0.05, 0) is 45.2 Å². The molecule has 1 atom stereocenters. The number of amides is 3. The first-order valence-corrected chi connectivity index (χ1v) is 12.6. The van der Waals surface area contributed by atoms with Gasteiger partial charge in [0.2, 0.25) is 17.7 Å². The molecule has 0 aromatic carbocycles. The summed E-state index contributed by atoms with van der Waals surface area (Å²) in [4.78, 5) is 51.6. The molecule has 0 unspecified atom stereocenters. The summed E-state index contributed by atoms with van der Waals surface area (Å²) in [6, 6.07) is 3.81. The second-order valence-electron chi connectivity index (χ2n) is 10.4. The number of piperidine rings is 1. The van der Waals surface area contributed by atoms with E-state index in [1.807, 2.05) is 12.1 Å². The van der Waals surface area contributed by atoms with E-state index in [9.17, 15) is 19.5 Å². The number of piperazine rings is 1. The van der Waals surface area contributed by atoms with E-state index in [4.69, 9.17) is 0 Å². The van der Waals surface area contributed by atoms with Crippen molar-refractivity contribution in [3.05, 3.63) is 30.7 Å². The molecule has 4 heterocycles. The molecule has 4 rings (SSSR count). The highest BCUT2D eigenvalue weighted by Gasteiger charge is 2.40. The van der Waals surface area contributed by atoms with E-state index in [-0.39, 0.29) is 37.1 Å². The van der Waals surface area contributed by atoms with Crippen LogP contribution in [0.1, 0.15) is 46.0 Å². The average molecular weight is 497 g/mol. The fourth-order valence-electron chi connectivity index (χ4n) is 5.28. The monoisotopic (exact) mass is 496 g/mol. The van der Waals surface area contributed by atoms with Crippen LogP contribution < -0.4 is 10.2 Å². The normalized spacial score (nSPS) is 21.8. The molecule has 2 aliphatic heterocycles. The number of hydrogen-bond acceptors (Lipinski definition) is 7. The number of carbonyl (C=O) groups is 3. The topological polar surface area (TPSA) is 119 Å². The van der Waals surface area contributed by atoms with Crippen molar-refractivity contribution in [3.63, 3.8) is 0 Å². The molecule has 0 bridgehead atoms. The van der Waals surface area contributed by atoms with Crippen LogP contribution in [0.15, 0.2) is 30.7 Å². The summed E-state index contributed by atoms with van der Waals surface area (Å²) in [5, 5.41) is 15.1. The highest BCUT2D eigenvalue weighted by Crippen LogP contribution is 2.31. The van der Waals surface area contributed by atoms with E-state index >= 15 is 0 Å². The zero-order valence-corrected chi connectivity index (χ0v) is 21.4. The highest BCUT2D eigenvalue weighted by molar-refractivity contribution is 5.92. The second kappa shape index (κ2) is 10.4. The van der Waals surface area contributed by atoms with E-state index < -0.39 is 11.1 Å². The Morgan fingerprint density at radius 3 is 2.81 bits per heavy atom. The molecular weight excluding hydrogens is 460 g/mol. The lowest BCUT2D eigenvalue weighted by atomic mass is 9.91. The average Bonchev–Trinajstić information content (AvgIpc) is 2.84. The standard InChI is InChI=1S/C26H36N6O4/c1-25(2)24(35)29-13-15-32(25)23(34)7-4-6-22(33)30(3)17-26(36)10-5-14-31(18-26)21-9-12-28-20-8-11-27-16-19(20)21/h8-9,11-12,16,36H,4-7,10,13-15,17-18H2,1-3H3,(H,29,35)/t26-/m0/s1. The molecule has 0 aliphatic carbocycles. The lowest BCUT2D eigenvalue weighted by molar-refractivity contribution is -0.149. The predicted octanol–water partition coefficient (Wildman–Crippen LogP) is 1.33. The molecule has 2 aromatic heterocycles. The quantitative estimate of drug-likeness (QED) is 0.594. The number of pyridine rings is 2. The number of β-amino-alcohol motifs (C(OH)–C–C–N with tert-alkyl or cyclic N) is 1. The van der Waals surface area contributed by atoms with Gasteiger partial charge in [-0.1, -0.05) is 0 Å². The first-order chi connectivity index (χ1) is 17.1. The summed E-state index contributed by atoms with van der Waals surface area (Å²) in [6.45, 7) is 5.81. The van der Waals surface area contributed by atoms with Gasteiger partial charge in [0.05, 0.1) is 17.7 Å². The molecule has 194 valence electrons. The van der Waals surface area contributed by atoms with Crippen LogP contribution in [-0.2, 0) is 14.4 Å². The number of carbonyl (C=O) groups excluding carboxylic acids is 3. The summed E-state index contributed by atoms with van der Waals surface area (Å²) in [5.41, 5.74) is -0.0933. The zero-order chi connectivity index (χ0) is 25.9. The van der Waals surface area contributed by atoms with Crippen molar-refractivity contribution >= 4 is 34.3 Å². The summed E-state index contributed by atoms with van der Waals surface area (Å²) in [5.74, 6) is -0.391. The number of hydrogen-bond donors (Lipinski definition) is 2. The van der Waals surface area contributed by atoms with E-state index in [0.717, 1.165) is 29.6 Å². The third-order valence-corrected chi connectivity index (χ3v) is 7.31. The van der Waals surface area contributed by atoms with Gasteiger partial charge in [0.25, 0.3) is 0 Å². The minimum atomic E-state index is -1.04. The smallest absolute Gasteiger partial charge is 0.245 e. The number of likely N-dealkylation sites (N-methyl/N-ethyl adjacent to an activating group) is 1. The largest absolute Gasteiger partial charge is 0.386 e. The van der Waals surface area contributed by atoms with Gasteiger partial charge in [-0.3, -0.25) is 24.4 Å². The first-order valence-electron chi connectivity index (χ1n) is 12.6. The Bertz CT molecular complexity index is 1130. The van der Waals surface area contributed by atoms with Crippen LogP contribution in [0, 0.1) is 0 Å². The van der Waals surface area contributed by atoms with Crippen molar-refractivity contribution < 1.29 is 19.5 Å². The molecule has 10 heteroatoms. The minimum absolute atomic E-state index is 0.109. The Labute approximate surface area is 211 Å². The minimum Gasteiger partial charge on any atom is -0.386 e. The van der Waals surface area contributed by atoms with E-state index in [1.54, 1.807) is 49.3 Å². The van der Waals surface area contributed by atoms with Gasteiger partial charge in [0, 0.05) is 75.7 Å². The molecule has 0 saturated carbocycles. The Kier molecular flexibility index (Phi) is 7.44. The highest BCUT2D eigenvalue weighted by atomic mass is 16.3. The van der Waals surface area contributed by atoms with Gasteiger partial charge in [-0.15, -0.1) is 0 Å². The van der Waals surface area contributed by atoms with E-state index in [1.165, 1.54) is 0 Å². The maximum atomic E-state index is 12.8. The molecule has 0 spiro atoms. The van der Waals surface area contributed by atoms with E-state index in [2.05, 4.69) is 20.2 Å². The first kappa shape index (κ1) is 25.8. The fraction of sp³-hybridized carbons (Fsp3) is 0.577. The van der Waals surface area contributed by atoms with Gasteiger partial charge in [0.15, 0.2) is 0 Å². The lowest BCUT2D eigenvalue weighted by Gasteiger charge is -2.42. The molecule has 10 nitrogen and oxygen atoms in total. The summed E-state index contributed by atoms with van der Waals surface area (Å²) >= 11 is 0. The number of fused-ring (bicyclic) bond motifs is 1. The van der Waals surface area contributed by atoms with Crippen molar-refractivity contribution in [1.29, 1.82) is 0 Å². The number of rotatable bonds is 7. The van der Waals surface area contributed by atoms with Gasteiger partial charge >= 0.3 is 0 Å². The Morgan fingerprint density at radius 2 is 2.00 bits per heavy atom. The number of nitrogens with zero attached hydrogens (tertiary/aromatic N) is 5. The van der Waals surface area contributed by atoms with Crippen molar-refractivity contribution in [2.24, 2.45) is 0 Å². The number of aromatic nitrogens is 2. The summed E-state index contributed by atoms with van der Waals surface area (Å²) in [7, 11) is 1.70. The van der Waals surface area contributed by atoms with E-state index in [0.29, 0.717) is 32.5 Å². The fourth-order valence-corrected chi connectivity index (χ4v) is 5.28.